The molecule has 1 aliphatic heterocycles. The van der Waals surface area contributed by atoms with Crippen molar-refractivity contribution in [2.75, 3.05) is 13.1 Å². The zero-order valence-corrected chi connectivity index (χ0v) is 12.2. The molecule has 15 heavy (non-hydrogen) atoms. The molecule has 1 aromatic rings. The molecule has 1 radical (unpaired) electrons. The van der Waals surface area contributed by atoms with Gasteiger partial charge >= 0.3 is 0 Å². The number of hydrogen-bond acceptors (Lipinski definition) is 2. The van der Waals surface area contributed by atoms with E-state index >= 15 is 0 Å². The minimum Gasteiger partial charge on any atom is -0.394 e. The monoisotopic (exact) mass is 279 g/mol. The van der Waals surface area contributed by atoms with Crippen molar-refractivity contribution < 1.29 is 32.7 Å². The van der Waals surface area contributed by atoms with Gasteiger partial charge in [-0.1, -0.05) is 32.2 Å². The maximum absolute atomic E-state index is 3.96. The molecule has 1 N–H and O–H groups in total. The zero-order valence-electron chi connectivity index (χ0n) is 9.37. The third-order valence-electron chi connectivity index (χ3n) is 2.22. The van der Waals surface area contributed by atoms with E-state index in [4.69, 9.17) is 0 Å². The Kier molecular flexibility index (Phi) is 9.58. The van der Waals surface area contributed by atoms with Crippen molar-refractivity contribution >= 4 is 0 Å². The summed E-state index contributed by atoms with van der Waals surface area (Å²) in [7, 11) is 0. The average Bonchev–Trinajstić information content (AvgIpc) is 2.21. The summed E-state index contributed by atoms with van der Waals surface area (Å²) in [5, 5.41) is 3.28. The first-order chi connectivity index (χ1) is 6.79. The number of nitrogens with zero attached hydrogens (tertiary/aromatic N) is 1. The molecule has 1 fully saturated rings. The molecule has 2 rings (SSSR count). The summed E-state index contributed by atoms with van der Waals surface area (Å²) < 4.78 is 0. The second-order valence-electron chi connectivity index (χ2n) is 3.66. The van der Waals surface area contributed by atoms with E-state index in [1.54, 1.807) is 12.3 Å². The van der Waals surface area contributed by atoms with Crippen molar-refractivity contribution in [3.05, 3.63) is 37.0 Å². The molecule has 0 bridgehead atoms. The third kappa shape index (κ3) is 8.07. The van der Waals surface area contributed by atoms with Crippen molar-refractivity contribution in [1.29, 1.82) is 0 Å². The molecule has 1 aromatic heterocycles. The van der Waals surface area contributed by atoms with Gasteiger partial charge in [0.2, 0.25) is 0 Å². The first kappa shape index (κ1) is 15.2. The van der Waals surface area contributed by atoms with Gasteiger partial charge in [0, 0.05) is 32.7 Å². The topological polar surface area (TPSA) is 24.9 Å². The summed E-state index contributed by atoms with van der Waals surface area (Å²) in [5.74, 6) is 0.723. The van der Waals surface area contributed by atoms with Gasteiger partial charge in [-0.05, 0) is 13.1 Å². The molecule has 0 aliphatic carbocycles. The Morgan fingerprint density at radius 1 is 1.47 bits per heavy atom. The van der Waals surface area contributed by atoms with E-state index in [0.717, 1.165) is 5.92 Å². The van der Waals surface area contributed by atoms with Gasteiger partial charge in [0.1, 0.15) is 0 Å². The Morgan fingerprint density at radius 3 is 2.40 bits per heavy atom. The number of pyridine rings is 1. The van der Waals surface area contributed by atoms with E-state index in [1.807, 2.05) is 13.0 Å². The molecule has 1 aliphatic rings. The minimum absolute atomic E-state index is 0. The maximum Gasteiger partial charge on any atom is 0 e. The summed E-state index contributed by atoms with van der Waals surface area (Å²) in [6.07, 6.45) is 6.99. The van der Waals surface area contributed by atoms with E-state index in [0.29, 0.717) is 0 Å². The molecular formula is C12H18N2Y-2. The van der Waals surface area contributed by atoms with Crippen LogP contribution in [0.15, 0.2) is 18.3 Å². The van der Waals surface area contributed by atoms with Gasteiger partial charge < -0.3 is 17.2 Å². The number of aromatic nitrogens is 1. The van der Waals surface area contributed by atoms with Crippen molar-refractivity contribution in [1.82, 2.24) is 10.3 Å². The molecule has 0 amide bonds. The molecule has 2 nitrogen and oxygen atoms in total. The second-order valence-corrected chi connectivity index (χ2v) is 3.66. The Labute approximate surface area is 118 Å². The van der Waals surface area contributed by atoms with Crippen LogP contribution in [0.5, 0.6) is 0 Å². The van der Waals surface area contributed by atoms with Crippen molar-refractivity contribution in [3.63, 3.8) is 0 Å². The maximum atomic E-state index is 3.96. The molecule has 81 valence electrons. The van der Waals surface area contributed by atoms with E-state index in [2.05, 4.69) is 23.4 Å². The number of aryl methyl sites for hydroxylation is 1. The quantitative estimate of drug-likeness (QED) is 0.735. The van der Waals surface area contributed by atoms with Crippen LogP contribution in [0.25, 0.3) is 0 Å². The molecule has 3 heteroatoms. The fraction of sp³-hybridized carbons (Fsp3) is 0.500. The molecule has 1 saturated heterocycles. The summed E-state index contributed by atoms with van der Waals surface area (Å²) >= 11 is 0. The summed E-state index contributed by atoms with van der Waals surface area (Å²) in [5.41, 5.74) is 1.18. The van der Waals surface area contributed by atoms with Crippen LogP contribution >= 0.6 is 0 Å². The molecule has 0 aromatic carbocycles. The van der Waals surface area contributed by atoms with Crippen molar-refractivity contribution in [2.24, 2.45) is 5.92 Å². The Hall–Kier alpha value is 0.214. The summed E-state index contributed by atoms with van der Waals surface area (Å²) in [6, 6.07) is 3.77. The standard InChI is InChI=1S/C6H12N.C6H6N.Y/c1-6-2-4-7-5-3-6;1-6-3-2-4-7-5-6;/h6-7H,1-5H2;2-3,5H,1H3;/q2*-1;. The van der Waals surface area contributed by atoms with Crippen LogP contribution in [0.3, 0.4) is 0 Å². The van der Waals surface area contributed by atoms with Gasteiger partial charge in [-0.2, -0.15) is 18.1 Å². The predicted molar refractivity (Wildman–Crippen MR) is 58.8 cm³/mol. The van der Waals surface area contributed by atoms with Crippen LogP contribution < -0.4 is 5.32 Å². The van der Waals surface area contributed by atoms with Crippen molar-refractivity contribution in [3.8, 4) is 0 Å². The van der Waals surface area contributed by atoms with Gasteiger partial charge in [0.25, 0.3) is 0 Å². The average molecular weight is 279 g/mol. The fourth-order valence-electron chi connectivity index (χ4n) is 1.28. The van der Waals surface area contributed by atoms with Crippen LogP contribution in [0, 0.1) is 26.0 Å². The zero-order chi connectivity index (χ0) is 10.2. The molecule has 0 atom stereocenters. The van der Waals surface area contributed by atoms with E-state index in [-0.39, 0.29) is 32.7 Å². The number of nitrogens with one attached hydrogen (secondary N) is 1. The fourth-order valence-corrected chi connectivity index (χ4v) is 1.28. The van der Waals surface area contributed by atoms with Gasteiger partial charge in [-0.15, -0.1) is 5.56 Å². The summed E-state index contributed by atoms with van der Waals surface area (Å²) in [4.78, 5) is 3.76. The van der Waals surface area contributed by atoms with Gasteiger partial charge in [-0.3, -0.25) is 0 Å². The summed E-state index contributed by atoms with van der Waals surface area (Å²) in [6.45, 7) is 8.31. The number of piperidine rings is 1. The van der Waals surface area contributed by atoms with Crippen LogP contribution in [-0.2, 0) is 32.7 Å². The molecule has 2 heterocycles. The molecule has 0 spiro atoms. The van der Waals surface area contributed by atoms with Crippen LogP contribution in [-0.4, -0.2) is 18.1 Å². The molecule has 0 saturated carbocycles. The first-order valence-electron chi connectivity index (χ1n) is 5.11. The normalized spacial score (nSPS) is 15.9. The largest absolute Gasteiger partial charge is 0.394 e. The minimum atomic E-state index is 0. The number of hydrogen-bond donors (Lipinski definition) is 1. The van der Waals surface area contributed by atoms with Crippen molar-refractivity contribution in [2.45, 2.75) is 19.8 Å². The molecule has 0 unspecified atom stereocenters. The molecular weight excluding hydrogens is 261 g/mol. The van der Waals surface area contributed by atoms with Gasteiger partial charge in [-0.25, -0.2) is 0 Å². The van der Waals surface area contributed by atoms with Crippen LogP contribution in [0.2, 0.25) is 0 Å². The second kappa shape index (κ2) is 9.44. The smallest absolute Gasteiger partial charge is 0 e. The number of rotatable bonds is 0. The Balaban J connectivity index is 0.000000245. The predicted octanol–water partition coefficient (Wildman–Crippen LogP) is 2.01. The third-order valence-corrected chi connectivity index (χ3v) is 2.22. The van der Waals surface area contributed by atoms with E-state index in [1.165, 1.54) is 31.5 Å². The SMILES string of the molecule is Cc1cc[c-]nc1.[CH2-]C1CCNCC1.[Y]. The first-order valence-corrected chi connectivity index (χ1v) is 5.11. The van der Waals surface area contributed by atoms with E-state index < -0.39 is 0 Å². The van der Waals surface area contributed by atoms with Gasteiger partial charge in [0.15, 0.2) is 0 Å². The van der Waals surface area contributed by atoms with Gasteiger partial charge in [0.05, 0.1) is 0 Å². The Bertz CT molecular complexity index is 233. The van der Waals surface area contributed by atoms with Crippen LogP contribution in [0.1, 0.15) is 18.4 Å². The Morgan fingerprint density at radius 2 is 2.13 bits per heavy atom. The van der Waals surface area contributed by atoms with E-state index in [9.17, 15) is 0 Å². The van der Waals surface area contributed by atoms with Crippen LogP contribution in [0.4, 0.5) is 0 Å².